The molecule has 0 bridgehead atoms. The normalized spacial score (nSPS) is 15.5. The van der Waals surface area contributed by atoms with E-state index in [2.05, 4.69) is 79.0 Å². The molecule has 3 aromatic carbocycles. The first-order valence-electron chi connectivity index (χ1n) is 13.5. The molecule has 0 saturated carbocycles. The van der Waals surface area contributed by atoms with Gasteiger partial charge in [-0.3, -0.25) is 9.59 Å². The van der Waals surface area contributed by atoms with Crippen LogP contribution in [0.5, 0.6) is 0 Å². The lowest BCUT2D eigenvalue weighted by Crippen LogP contribution is -2.47. The van der Waals surface area contributed by atoms with Gasteiger partial charge < -0.3 is 15.0 Å². The lowest BCUT2D eigenvalue weighted by Gasteiger charge is -2.36. The van der Waals surface area contributed by atoms with E-state index in [1.807, 2.05) is 18.7 Å². The van der Waals surface area contributed by atoms with Gasteiger partial charge in [0.15, 0.2) is 0 Å². The standard InChI is InChI=1S/C32H40N2O3/c1-23(28-13-7-11-25-10-5-6-12-29(25)28)33-20-8-9-24-14-16-27(17-15-24)32(2,3)31(36)34-21-18-26(19-22-34)30(35)37-4/h5-7,10-17,23,26,33H,8-9,18-22H2,1-4H3. The Morgan fingerprint density at radius 1 is 1.00 bits per heavy atom. The Hall–Kier alpha value is -3.18. The smallest absolute Gasteiger partial charge is 0.308 e. The number of piperidine rings is 1. The van der Waals surface area contributed by atoms with E-state index in [0.29, 0.717) is 25.9 Å². The van der Waals surface area contributed by atoms with Crippen LogP contribution in [0.4, 0.5) is 0 Å². The average molecular weight is 501 g/mol. The van der Waals surface area contributed by atoms with Crippen LogP contribution in [0.3, 0.4) is 0 Å². The summed E-state index contributed by atoms with van der Waals surface area (Å²) in [5.74, 6) is -0.142. The number of nitrogens with one attached hydrogen (secondary N) is 1. The Kier molecular flexibility index (Phi) is 8.65. The topological polar surface area (TPSA) is 58.6 Å². The van der Waals surface area contributed by atoms with Gasteiger partial charge in [-0.15, -0.1) is 0 Å². The van der Waals surface area contributed by atoms with Crippen LogP contribution in [0, 0.1) is 5.92 Å². The van der Waals surface area contributed by atoms with Crippen LogP contribution in [0.25, 0.3) is 10.8 Å². The highest BCUT2D eigenvalue weighted by molar-refractivity contribution is 5.88. The Bertz CT molecular complexity index is 1200. The average Bonchev–Trinajstić information content (AvgIpc) is 2.94. The maximum absolute atomic E-state index is 13.3. The second-order valence-electron chi connectivity index (χ2n) is 10.8. The summed E-state index contributed by atoms with van der Waals surface area (Å²) in [5, 5.41) is 6.27. The third-order valence-corrected chi connectivity index (χ3v) is 7.91. The zero-order valence-corrected chi connectivity index (χ0v) is 22.6. The molecule has 5 nitrogen and oxygen atoms in total. The number of ether oxygens (including phenoxy) is 1. The van der Waals surface area contributed by atoms with Gasteiger partial charge >= 0.3 is 5.97 Å². The molecule has 37 heavy (non-hydrogen) atoms. The lowest BCUT2D eigenvalue weighted by molar-refractivity contribution is -0.149. The van der Waals surface area contributed by atoms with Gasteiger partial charge in [0.25, 0.3) is 0 Å². The van der Waals surface area contributed by atoms with E-state index in [4.69, 9.17) is 4.74 Å². The molecule has 1 N–H and O–H groups in total. The van der Waals surface area contributed by atoms with Crippen LogP contribution >= 0.6 is 0 Å². The number of hydrogen-bond donors (Lipinski definition) is 1. The van der Waals surface area contributed by atoms with Gasteiger partial charge in [0, 0.05) is 19.1 Å². The second kappa shape index (κ2) is 11.9. The third-order valence-electron chi connectivity index (χ3n) is 7.91. The predicted octanol–water partition coefficient (Wildman–Crippen LogP) is 5.81. The van der Waals surface area contributed by atoms with Crippen molar-refractivity contribution in [2.75, 3.05) is 26.7 Å². The van der Waals surface area contributed by atoms with Gasteiger partial charge in [-0.1, -0.05) is 66.7 Å². The number of fused-ring (bicyclic) bond motifs is 1. The molecule has 1 unspecified atom stereocenters. The molecule has 1 heterocycles. The summed E-state index contributed by atoms with van der Waals surface area (Å²) in [7, 11) is 1.43. The summed E-state index contributed by atoms with van der Waals surface area (Å²) in [5.41, 5.74) is 3.04. The molecule has 0 aliphatic carbocycles. The van der Waals surface area contributed by atoms with Gasteiger partial charge in [0.1, 0.15) is 0 Å². The third kappa shape index (κ3) is 6.22. The van der Waals surface area contributed by atoms with E-state index in [1.165, 1.54) is 29.0 Å². The highest BCUT2D eigenvalue weighted by Gasteiger charge is 2.36. The van der Waals surface area contributed by atoms with Gasteiger partial charge in [-0.05, 0) is 80.5 Å². The molecule has 1 amide bonds. The van der Waals surface area contributed by atoms with Crippen molar-refractivity contribution < 1.29 is 14.3 Å². The van der Waals surface area contributed by atoms with Crippen molar-refractivity contribution in [2.45, 2.75) is 57.9 Å². The number of hydrogen-bond acceptors (Lipinski definition) is 4. The minimum atomic E-state index is -0.605. The monoisotopic (exact) mass is 500 g/mol. The van der Waals surface area contributed by atoms with Crippen molar-refractivity contribution in [3.05, 3.63) is 83.4 Å². The maximum Gasteiger partial charge on any atom is 0.308 e. The number of methoxy groups -OCH3 is 1. The van der Waals surface area contributed by atoms with Crippen LogP contribution in [0.2, 0.25) is 0 Å². The molecule has 1 atom stereocenters. The molecule has 5 heteroatoms. The van der Waals surface area contributed by atoms with Gasteiger partial charge in [-0.2, -0.15) is 0 Å². The van der Waals surface area contributed by atoms with E-state index in [0.717, 1.165) is 24.9 Å². The summed E-state index contributed by atoms with van der Waals surface area (Å²) in [6.07, 6.45) is 3.37. The molecule has 4 rings (SSSR count). The van der Waals surface area contributed by atoms with Crippen molar-refractivity contribution >= 4 is 22.6 Å². The fourth-order valence-electron chi connectivity index (χ4n) is 5.44. The quantitative estimate of drug-likeness (QED) is 0.297. The summed E-state index contributed by atoms with van der Waals surface area (Å²) >= 11 is 0. The van der Waals surface area contributed by atoms with Crippen LogP contribution in [-0.4, -0.2) is 43.5 Å². The van der Waals surface area contributed by atoms with Crippen molar-refractivity contribution in [3.63, 3.8) is 0 Å². The maximum atomic E-state index is 13.3. The van der Waals surface area contributed by atoms with Gasteiger partial charge in [-0.25, -0.2) is 0 Å². The molecule has 1 aliphatic rings. The number of likely N-dealkylation sites (tertiary alicyclic amines) is 1. The molecule has 0 radical (unpaired) electrons. The number of aryl methyl sites for hydroxylation is 1. The van der Waals surface area contributed by atoms with Crippen molar-refractivity contribution in [1.82, 2.24) is 10.2 Å². The van der Waals surface area contributed by atoms with Gasteiger partial charge in [0.05, 0.1) is 18.4 Å². The molecule has 0 aromatic heterocycles. The minimum absolute atomic E-state index is 0.0963. The molecule has 0 spiro atoms. The van der Waals surface area contributed by atoms with Crippen LogP contribution in [-0.2, 0) is 26.2 Å². The second-order valence-corrected chi connectivity index (χ2v) is 10.8. The number of amides is 1. The summed E-state index contributed by atoms with van der Waals surface area (Å²) in [6.45, 7) is 8.37. The van der Waals surface area contributed by atoms with Gasteiger partial charge in [0.2, 0.25) is 5.91 Å². The van der Waals surface area contributed by atoms with E-state index in [1.54, 1.807) is 0 Å². The molecule has 3 aromatic rings. The molecule has 196 valence electrons. The van der Waals surface area contributed by atoms with E-state index >= 15 is 0 Å². The molecule has 1 aliphatic heterocycles. The Morgan fingerprint density at radius 2 is 1.68 bits per heavy atom. The number of nitrogens with zero attached hydrogens (tertiary/aromatic N) is 1. The number of carbonyl (C=O) groups excluding carboxylic acids is 2. The zero-order valence-electron chi connectivity index (χ0n) is 22.6. The molecular weight excluding hydrogens is 460 g/mol. The van der Waals surface area contributed by atoms with Crippen LogP contribution in [0.15, 0.2) is 66.7 Å². The molecule has 1 fully saturated rings. The minimum Gasteiger partial charge on any atom is -0.469 e. The Morgan fingerprint density at radius 3 is 2.38 bits per heavy atom. The Labute approximate surface area is 221 Å². The van der Waals surface area contributed by atoms with Crippen molar-refractivity contribution in [3.8, 4) is 0 Å². The lowest BCUT2D eigenvalue weighted by atomic mass is 9.81. The largest absolute Gasteiger partial charge is 0.469 e. The SMILES string of the molecule is COC(=O)C1CCN(C(=O)C(C)(C)c2ccc(CCCNC(C)c3cccc4ccccc34)cc2)CC1. The fraction of sp³-hybridized carbons (Fsp3) is 0.438. The number of rotatable bonds is 9. The number of carbonyl (C=O) groups is 2. The number of benzene rings is 3. The van der Waals surface area contributed by atoms with E-state index in [9.17, 15) is 9.59 Å². The molecule has 1 saturated heterocycles. The summed E-state index contributed by atoms with van der Waals surface area (Å²) in [6, 6.07) is 23.8. The number of esters is 1. The highest BCUT2D eigenvalue weighted by atomic mass is 16.5. The first-order chi connectivity index (χ1) is 17.8. The summed E-state index contributed by atoms with van der Waals surface area (Å²) in [4.78, 5) is 27.0. The van der Waals surface area contributed by atoms with Crippen molar-refractivity contribution in [1.29, 1.82) is 0 Å². The fourth-order valence-corrected chi connectivity index (χ4v) is 5.44. The molecular formula is C32H40N2O3. The first kappa shape index (κ1) is 26.9. The summed E-state index contributed by atoms with van der Waals surface area (Å²) < 4.78 is 4.87. The first-order valence-corrected chi connectivity index (χ1v) is 13.5. The van der Waals surface area contributed by atoms with Crippen molar-refractivity contribution in [2.24, 2.45) is 5.92 Å². The zero-order chi connectivity index (χ0) is 26.4. The van der Waals surface area contributed by atoms with Crippen LogP contribution < -0.4 is 5.32 Å². The van der Waals surface area contributed by atoms with Crippen LogP contribution in [0.1, 0.15) is 62.8 Å². The highest BCUT2D eigenvalue weighted by Crippen LogP contribution is 2.29. The Balaban J connectivity index is 1.27. The predicted molar refractivity (Wildman–Crippen MR) is 149 cm³/mol. The van der Waals surface area contributed by atoms with E-state index in [-0.39, 0.29) is 23.8 Å². The van der Waals surface area contributed by atoms with E-state index < -0.39 is 5.41 Å².